The minimum absolute atomic E-state index is 0.380. The molecule has 1 aliphatic heterocycles. The maximum absolute atomic E-state index is 4.20. The van der Waals surface area contributed by atoms with E-state index in [9.17, 15) is 0 Å². The van der Waals surface area contributed by atoms with Gasteiger partial charge in [-0.15, -0.1) is 23.5 Å². The minimum atomic E-state index is 0.380. The van der Waals surface area contributed by atoms with Crippen LogP contribution in [0.5, 0.6) is 0 Å². The van der Waals surface area contributed by atoms with Crippen LogP contribution in [-0.4, -0.2) is 24.6 Å². The molecule has 2 unspecified atom stereocenters. The van der Waals surface area contributed by atoms with Gasteiger partial charge in [0.2, 0.25) is 0 Å². The zero-order valence-corrected chi connectivity index (χ0v) is 14.5. The lowest BCUT2D eigenvalue weighted by atomic mass is 10.1. The highest BCUT2D eigenvalue weighted by Gasteiger charge is 2.36. The topological polar surface area (TPSA) is 17.8 Å². The van der Waals surface area contributed by atoms with Crippen LogP contribution in [0, 0.1) is 0 Å². The number of thioether (sulfide) groups is 2. The molecule has 0 bridgehead atoms. The average Bonchev–Trinajstić information content (AvgIpc) is 2.91. The van der Waals surface area contributed by atoms with Gasteiger partial charge in [0.15, 0.2) is 0 Å². The summed E-state index contributed by atoms with van der Waals surface area (Å²) >= 11 is 4.40. The molecule has 4 heteroatoms. The SMILES string of the molecule is CCCCCCCC1(Cn2ccnc2)SCCC(C)S1. The van der Waals surface area contributed by atoms with Crippen LogP contribution in [0.3, 0.4) is 0 Å². The van der Waals surface area contributed by atoms with E-state index in [1.54, 1.807) is 0 Å². The Labute approximate surface area is 132 Å². The number of hydrogen-bond acceptors (Lipinski definition) is 3. The highest BCUT2D eigenvalue weighted by atomic mass is 32.2. The van der Waals surface area contributed by atoms with Crippen LogP contribution < -0.4 is 0 Å². The van der Waals surface area contributed by atoms with Crippen molar-refractivity contribution >= 4 is 23.5 Å². The number of hydrogen-bond donors (Lipinski definition) is 0. The second kappa shape index (κ2) is 8.38. The normalized spacial score (nSPS) is 26.8. The summed E-state index contributed by atoms with van der Waals surface area (Å²) in [7, 11) is 0. The summed E-state index contributed by atoms with van der Waals surface area (Å²) in [4.78, 5) is 4.20. The molecule has 1 aromatic heterocycles. The van der Waals surface area contributed by atoms with Crippen molar-refractivity contribution in [3.05, 3.63) is 18.7 Å². The summed E-state index contributed by atoms with van der Waals surface area (Å²) in [5, 5.41) is 0.801. The van der Waals surface area contributed by atoms with Crippen LogP contribution >= 0.6 is 23.5 Å². The molecule has 0 aromatic carbocycles. The van der Waals surface area contributed by atoms with Gasteiger partial charge in [0, 0.05) is 24.2 Å². The fourth-order valence-electron chi connectivity index (χ4n) is 2.82. The van der Waals surface area contributed by atoms with Crippen molar-refractivity contribution in [3.63, 3.8) is 0 Å². The van der Waals surface area contributed by atoms with Crippen molar-refractivity contribution in [1.82, 2.24) is 9.55 Å². The number of aromatic nitrogens is 2. The Morgan fingerprint density at radius 1 is 1.30 bits per heavy atom. The van der Waals surface area contributed by atoms with Gasteiger partial charge in [-0.25, -0.2) is 4.98 Å². The van der Waals surface area contributed by atoms with Crippen molar-refractivity contribution in [1.29, 1.82) is 0 Å². The van der Waals surface area contributed by atoms with Crippen LogP contribution in [0.2, 0.25) is 0 Å². The molecule has 114 valence electrons. The van der Waals surface area contributed by atoms with Gasteiger partial charge in [0.1, 0.15) is 0 Å². The Morgan fingerprint density at radius 3 is 2.85 bits per heavy atom. The predicted octanol–water partition coefficient (Wildman–Crippen LogP) is 5.20. The molecule has 1 fully saturated rings. The molecule has 2 rings (SSSR count). The van der Waals surface area contributed by atoms with Gasteiger partial charge in [-0.3, -0.25) is 0 Å². The molecule has 2 nitrogen and oxygen atoms in total. The Morgan fingerprint density at radius 2 is 2.15 bits per heavy atom. The average molecular weight is 313 g/mol. The molecule has 0 amide bonds. The molecule has 0 radical (unpaired) electrons. The third kappa shape index (κ3) is 5.03. The largest absolute Gasteiger partial charge is 0.335 e. The zero-order valence-electron chi connectivity index (χ0n) is 12.9. The summed E-state index contributed by atoms with van der Waals surface area (Å²) in [5.41, 5.74) is 0. The van der Waals surface area contributed by atoms with Crippen LogP contribution in [-0.2, 0) is 6.54 Å². The fourth-order valence-corrected chi connectivity index (χ4v) is 6.81. The molecule has 20 heavy (non-hydrogen) atoms. The minimum Gasteiger partial charge on any atom is -0.335 e. The van der Waals surface area contributed by atoms with Crippen LogP contribution in [0.1, 0.15) is 58.8 Å². The first kappa shape index (κ1) is 16.3. The highest BCUT2D eigenvalue weighted by Crippen LogP contribution is 2.49. The molecule has 0 aliphatic carbocycles. The van der Waals surface area contributed by atoms with Crippen molar-refractivity contribution in [2.75, 3.05) is 5.75 Å². The van der Waals surface area contributed by atoms with E-state index in [1.807, 2.05) is 12.5 Å². The fraction of sp³-hybridized carbons (Fsp3) is 0.812. The van der Waals surface area contributed by atoms with E-state index in [2.05, 4.69) is 53.1 Å². The second-order valence-electron chi connectivity index (χ2n) is 5.88. The first-order chi connectivity index (χ1) is 9.74. The Hall–Kier alpha value is -0.0900. The summed E-state index contributed by atoms with van der Waals surface area (Å²) in [6.45, 7) is 5.79. The van der Waals surface area contributed by atoms with E-state index in [4.69, 9.17) is 0 Å². The highest BCUT2D eigenvalue weighted by molar-refractivity contribution is 8.19. The van der Waals surface area contributed by atoms with Gasteiger partial charge < -0.3 is 4.57 Å². The van der Waals surface area contributed by atoms with E-state index in [1.165, 1.54) is 50.7 Å². The van der Waals surface area contributed by atoms with Gasteiger partial charge in [-0.2, -0.15) is 0 Å². The van der Waals surface area contributed by atoms with Crippen molar-refractivity contribution in [2.45, 2.75) is 74.7 Å². The molecule has 1 aromatic rings. The maximum atomic E-state index is 4.20. The summed E-state index contributed by atoms with van der Waals surface area (Å²) < 4.78 is 2.65. The summed E-state index contributed by atoms with van der Waals surface area (Å²) in [5.74, 6) is 1.32. The number of nitrogens with zero attached hydrogens (tertiary/aromatic N) is 2. The van der Waals surface area contributed by atoms with Gasteiger partial charge in [-0.05, 0) is 18.6 Å². The molecule has 2 atom stereocenters. The van der Waals surface area contributed by atoms with E-state index < -0.39 is 0 Å². The number of rotatable bonds is 8. The molecule has 0 N–H and O–H groups in total. The van der Waals surface area contributed by atoms with E-state index >= 15 is 0 Å². The van der Waals surface area contributed by atoms with Gasteiger partial charge in [0.05, 0.1) is 10.4 Å². The van der Waals surface area contributed by atoms with E-state index in [0.717, 1.165) is 11.8 Å². The molecule has 2 heterocycles. The summed E-state index contributed by atoms with van der Waals surface area (Å²) in [6.07, 6.45) is 15.6. The Kier molecular flexibility index (Phi) is 6.82. The van der Waals surface area contributed by atoms with Crippen LogP contribution in [0.15, 0.2) is 18.7 Å². The Balaban J connectivity index is 1.89. The Bertz CT molecular complexity index is 367. The third-order valence-electron chi connectivity index (χ3n) is 3.95. The number of unbranched alkanes of at least 4 members (excludes halogenated alkanes) is 4. The van der Waals surface area contributed by atoms with E-state index in [0.29, 0.717) is 4.08 Å². The molecule has 1 saturated heterocycles. The lowest BCUT2D eigenvalue weighted by Gasteiger charge is -2.39. The number of imidazole rings is 1. The quantitative estimate of drug-likeness (QED) is 0.615. The van der Waals surface area contributed by atoms with Crippen LogP contribution in [0.25, 0.3) is 0 Å². The molecule has 0 spiro atoms. The second-order valence-corrected chi connectivity index (χ2v) is 9.43. The third-order valence-corrected chi connectivity index (χ3v) is 7.29. The first-order valence-electron chi connectivity index (χ1n) is 8.01. The summed E-state index contributed by atoms with van der Waals surface area (Å²) in [6, 6.07) is 0. The van der Waals surface area contributed by atoms with Crippen LogP contribution in [0.4, 0.5) is 0 Å². The molecule has 0 saturated carbocycles. The lowest BCUT2D eigenvalue weighted by molar-refractivity contribution is 0.532. The standard InChI is InChI=1S/C16H28N2S2/c1-3-4-5-6-7-9-16(13-18-11-10-17-14-18)19-12-8-15(2)20-16/h10-11,14-15H,3-9,12-13H2,1-2H3. The van der Waals surface area contributed by atoms with Crippen molar-refractivity contribution < 1.29 is 0 Å². The maximum Gasteiger partial charge on any atom is 0.0946 e. The lowest BCUT2D eigenvalue weighted by Crippen LogP contribution is -2.33. The van der Waals surface area contributed by atoms with E-state index in [-0.39, 0.29) is 0 Å². The molecular formula is C16H28N2S2. The monoisotopic (exact) mass is 312 g/mol. The first-order valence-corrected chi connectivity index (χ1v) is 9.88. The smallest absolute Gasteiger partial charge is 0.0946 e. The predicted molar refractivity (Wildman–Crippen MR) is 92.5 cm³/mol. The molecular weight excluding hydrogens is 284 g/mol. The van der Waals surface area contributed by atoms with Gasteiger partial charge in [0.25, 0.3) is 0 Å². The van der Waals surface area contributed by atoms with Crippen molar-refractivity contribution in [3.8, 4) is 0 Å². The zero-order chi connectivity index (χ0) is 14.3. The van der Waals surface area contributed by atoms with Gasteiger partial charge >= 0.3 is 0 Å². The van der Waals surface area contributed by atoms with Gasteiger partial charge in [-0.1, -0.05) is 46.0 Å². The molecule has 1 aliphatic rings. The van der Waals surface area contributed by atoms with Crippen molar-refractivity contribution in [2.24, 2.45) is 0 Å².